The standard InChI is InChI=1S/C17H22ClN3/c1-17(2,3)21-12-13(10-19-21)11-20-9-8-16(20)14-4-6-15(18)7-5-14/h4-7,10,12,16H,8-9,11H2,1-3H3/t16-/m0/s1. The van der Waals surface area contributed by atoms with Crippen molar-refractivity contribution in [3.63, 3.8) is 0 Å². The molecule has 0 amide bonds. The van der Waals surface area contributed by atoms with E-state index < -0.39 is 0 Å². The molecular weight excluding hydrogens is 282 g/mol. The molecule has 1 saturated heterocycles. The van der Waals surface area contributed by atoms with Crippen LogP contribution in [-0.2, 0) is 12.1 Å². The molecular formula is C17H22ClN3. The minimum atomic E-state index is 0.0444. The second kappa shape index (κ2) is 5.47. The van der Waals surface area contributed by atoms with Gasteiger partial charge in [-0.05, 0) is 44.9 Å². The Hall–Kier alpha value is -1.32. The van der Waals surface area contributed by atoms with Crippen LogP contribution in [0, 0.1) is 0 Å². The number of aromatic nitrogens is 2. The molecule has 1 aromatic carbocycles. The first-order chi connectivity index (χ1) is 9.93. The summed E-state index contributed by atoms with van der Waals surface area (Å²) >= 11 is 5.96. The van der Waals surface area contributed by atoms with Gasteiger partial charge >= 0.3 is 0 Å². The van der Waals surface area contributed by atoms with Crippen LogP contribution < -0.4 is 0 Å². The average Bonchev–Trinajstić information content (AvgIpc) is 2.86. The van der Waals surface area contributed by atoms with Gasteiger partial charge in [0, 0.05) is 35.9 Å². The normalized spacial score (nSPS) is 19.5. The first-order valence-electron chi connectivity index (χ1n) is 7.47. The van der Waals surface area contributed by atoms with E-state index in [1.807, 2.05) is 23.0 Å². The number of hydrogen-bond acceptors (Lipinski definition) is 2. The van der Waals surface area contributed by atoms with Crippen molar-refractivity contribution in [1.29, 1.82) is 0 Å². The van der Waals surface area contributed by atoms with E-state index in [1.165, 1.54) is 17.5 Å². The van der Waals surface area contributed by atoms with Crippen LogP contribution in [0.2, 0.25) is 5.02 Å². The van der Waals surface area contributed by atoms with Crippen molar-refractivity contribution in [3.05, 3.63) is 52.8 Å². The van der Waals surface area contributed by atoms with Crippen LogP contribution in [0.25, 0.3) is 0 Å². The zero-order valence-electron chi connectivity index (χ0n) is 12.9. The molecule has 0 unspecified atom stereocenters. The van der Waals surface area contributed by atoms with Crippen LogP contribution in [0.3, 0.4) is 0 Å². The van der Waals surface area contributed by atoms with Crippen molar-refractivity contribution in [3.8, 4) is 0 Å². The van der Waals surface area contributed by atoms with E-state index in [0.29, 0.717) is 6.04 Å². The van der Waals surface area contributed by atoms with E-state index >= 15 is 0 Å². The van der Waals surface area contributed by atoms with Crippen LogP contribution in [0.15, 0.2) is 36.7 Å². The number of hydrogen-bond donors (Lipinski definition) is 0. The van der Waals surface area contributed by atoms with Gasteiger partial charge in [-0.25, -0.2) is 0 Å². The maximum absolute atomic E-state index is 5.96. The van der Waals surface area contributed by atoms with E-state index in [4.69, 9.17) is 11.6 Å². The van der Waals surface area contributed by atoms with Crippen LogP contribution >= 0.6 is 11.6 Å². The third-order valence-corrected chi connectivity index (χ3v) is 4.35. The number of benzene rings is 1. The SMILES string of the molecule is CC(C)(C)n1cc(CN2CC[C@H]2c2ccc(Cl)cc2)cn1. The molecule has 4 heteroatoms. The van der Waals surface area contributed by atoms with Crippen LogP contribution in [0.5, 0.6) is 0 Å². The molecule has 0 spiro atoms. The van der Waals surface area contributed by atoms with Gasteiger partial charge in [-0.1, -0.05) is 23.7 Å². The number of rotatable bonds is 3. The molecule has 3 nitrogen and oxygen atoms in total. The second-order valence-corrected chi connectivity index (χ2v) is 7.23. The monoisotopic (exact) mass is 303 g/mol. The zero-order chi connectivity index (χ0) is 15.0. The maximum atomic E-state index is 5.96. The third-order valence-electron chi connectivity index (χ3n) is 4.09. The predicted molar refractivity (Wildman–Crippen MR) is 86.4 cm³/mol. The van der Waals surface area contributed by atoms with Crippen LogP contribution in [0.1, 0.15) is 44.4 Å². The third kappa shape index (κ3) is 3.14. The Morgan fingerprint density at radius 1 is 1.24 bits per heavy atom. The summed E-state index contributed by atoms with van der Waals surface area (Å²) in [6, 6.07) is 8.74. The van der Waals surface area contributed by atoms with E-state index in [1.54, 1.807) is 0 Å². The molecule has 2 heterocycles. The highest BCUT2D eigenvalue weighted by Crippen LogP contribution is 2.35. The lowest BCUT2D eigenvalue weighted by Crippen LogP contribution is -2.40. The van der Waals surface area contributed by atoms with Gasteiger partial charge in [0.1, 0.15) is 0 Å². The molecule has 2 aromatic rings. The summed E-state index contributed by atoms with van der Waals surface area (Å²) in [5.41, 5.74) is 2.68. The van der Waals surface area contributed by atoms with Gasteiger partial charge in [0.05, 0.1) is 11.7 Å². The van der Waals surface area contributed by atoms with Crippen molar-refractivity contribution >= 4 is 11.6 Å². The highest BCUT2D eigenvalue weighted by molar-refractivity contribution is 6.30. The van der Waals surface area contributed by atoms with Gasteiger partial charge in [0.2, 0.25) is 0 Å². The van der Waals surface area contributed by atoms with Crippen molar-refractivity contribution in [2.45, 2.75) is 45.3 Å². The predicted octanol–water partition coefficient (Wildman–Crippen LogP) is 4.24. The largest absolute Gasteiger partial charge is 0.292 e. The van der Waals surface area contributed by atoms with Gasteiger partial charge in [-0.2, -0.15) is 5.10 Å². The fourth-order valence-electron chi connectivity index (χ4n) is 2.74. The molecule has 3 rings (SSSR count). The second-order valence-electron chi connectivity index (χ2n) is 6.79. The van der Waals surface area contributed by atoms with Crippen LogP contribution in [-0.4, -0.2) is 21.2 Å². The number of halogens is 1. The lowest BCUT2D eigenvalue weighted by Gasteiger charge is -2.41. The van der Waals surface area contributed by atoms with E-state index in [-0.39, 0.29) is 5.54 Å². The van der Waals surface area contributed by atoms with Gasteiger partial charge in [-0.15, -0.1) is 0 Å². The molecule has 112 valence electrons. The molecule has 0 radical (unpaired) electrons. The zero-order valence-corrected chi connectivity index (χ0v) is 13.6. The lowest BCUT2D eigenvalue weighted by atomic mass is 9.94. The Labute approximate surface area is 131 Å². The molecule has 0 saturated carbocycles. The molecule has 0 bridgehead atoms. The van der Waals surface area contributed by atoms with Crippen molar-refractivity contribution in [2.75, 3.05) is 6.54 Å². The molecule has 21 heavy (non-hydrogen) atoms. The summed E-state index contributed by atoms with van der Waals surface area (Å²) in [6.45, 7) is 8.62. The topological polar surface area (TPSA) is 21.1 Å². The summed E-state index contributed by atoms with van der Waals surface area (Å²) in [5, 5.41) is 5.28. The Kier molecular flexibility index (Phi) is 3.80. The van der Waals surface area contributed by atoms with E-state index in [2.05, 4.69) is 49.1 Å². The Balaban J connectivity index is 1.68. The van der Waals surface area contributed by atoms with Gasteiger partial charge < -0.3 is 0 Å². The van der Waals surface area contributed by atoms with Crippen molar-refractivity contribution in [2.24, 2.45) is 0 Å². The maximum Gasteiger partial charge on any atom is 0.0543 e. The minimum absolute atomic E-state index is 0.0444. The molecule has 1 aromatic heterocycles. The highest BCUT2D eigenvalue weighted by Gasteiger charge is 2.29. The molecule has 1 aliphatic heterocycles. The molecule has 0 N–H and O–H groups in total. The number of likely N-dealkylation sites (tertiary alicyclic amines) is 1. The Bertz CT molecular complexity index is 610. The van der Waals surface area contributed by atoms with Crippen LogP contribution in [0.4, 0.5) is 0 Å². The quantitative estimate of drug-likeness (QED) is 0.845. The first-order valence-corrected chi connectivity index (χ1v) is 7.85. The Morgan fingerprint density at radius 2 is 1.95 bits per heavy atom. The smallest absolute Gasteiger partial charge is 0.0543 e. The van der Waals surface area contributed by atoms with Crippen molar-refractivity contribution in [1.82, 2.24) is 14.7 Å². The molecule has 1 aliphatic rings. The summed E-state index contributed by atoms with van der Waals surface area (Å²) in [5.74, 6) is 0. The van der Waals surface area contributed by atoms with Crippen molar-refractivity contribution < 1.29 is 0 Å². The summed E-state index contributed by atoms with van der Waals surface area (Å²) in [6.07, 6.45) is 5.37. The summed E-state index contributed by atoms with van der Waals surface area (Å²) in [4.78, 5) is 2.49. The highest BCUT2D eigenvalue weighted by atomic mass is 35.5. The summed E-state index contributed by atoms with van der Waals surface area (Å²) in [7, 11) is 0. The van der Waals surface area contributed by atoms with E-state index in [0.717, 1.165) is 18.1 Å². The lowest BCUT2D eigenvalue weighted by molar-refractivity contribution is 0.0818. The fourth-order valence-corrected chi connectivity index (χ4v) is 2.86. The van der Waals surface area contributed by atoms with E-state index in [9.17, 15) is 0 Å². The van der Waals surface area contributed by atoms with Gasteiger partial charge in [-0.3, -0.25) is 9.58 Å². The van der Waals surface area contributed by atoms with Gasteiger partial charge in [0.15, 0.2) is 0 Å². The number of nitrogens with zero attached hydrogens (tertiary/aromatic N) is 3. The Morgan fingerprint density at radius 3 is 2.48 bits per heavy atom. The minimum Gasteiger partial charge on any atom is -0.292 e. The average molecular weight is 304 g/mol. The first kappa shape index (κ1) is 14.6. The molecule has 1 atom stereocenters. The van der Waals surface area contributed by atoms with Gasteiger partial charge in [0.25, 0.3) is 0 Å². The molecule has 1 fully saturated rings. The molecule has 0 aliphatic carbocycles. The fraction of sp³-hybridized carbons (Fsp3) is 0.471. The summed E-state index contributed by atoms with van der Waals surface area (Å²) < 4.78 is 2.04.